The number of hydrogen-bond acceptors (Lipinski definition) is 6. The summed E-state index contributed by atoms with van der Waals surface area (Å²) in [6, 6.07) is 15.1. The van der Waals surface area contributed by atoms with Crippen molar-refractivity contribution in [2.24, 2.45) is 0 Å². The van der Waals surface area contributed by atoms with Gasteiger partial charge >= 0.3 is 0 Å². The Labute approximate surface area is 160 Å². The summed E-state index contributed by atoms with van der Waals surface area (Å²) in [5, 5.41) is 16.6. The molecule has 0 atom stereocenters. The van der Waals surface area contributed by atoms with Crippen LogP contribution in [0.3, 0.4) is 0 Å². The average Bonchev–Trinajstić information content (AvgIpc) is 3.29. The lowest BCUT2D eigenvalue weighted by Gasteiger charge is -2.09. The van der Waals surface area contributed by atoms with E-state index in [9.17, 15) is 0 Å². The summed E-state index contributed by atoms with van der Waals surface area (Å²) in [5.74, 6) is 1.75. The molecule has 0 fully saturated rings. The highest BCUT2D eigenvalue weighted by atomic mass is 35.5. The number of aromatic nitrogens is 5. The van der Waals surface area contributed by atoms with Gasteiger partial charge in [0.05, 0.1) is 18.4 Å². The van der Waals surface area contributed by atoms with Gasteiger partial charge in [-0.15, -0.1) is 15.3 Å². The molecule has 7 nitrogen and oxygen atoms in total. The minimum Gasteiger partial charge on any atom is -0.487 e. The molecule has 0 radical (unpaired) electrons. The highest BCUT2D eigenvalue weighted by molar-refractivity contribution is 6.30. The molecule has 136 valence electrons. The van der Waals surface area contributed by atoms with Gasteiger partial charge in [0.25, 0.3) is 0 Å². The highest BCUT2D eigenvalue weighted by Crippen LogP contribution is 2.22. The molecular formula is C19H16ClN5O2. The summed E-state index contributed by atoms with van der Waals surface area (Å²) in [6.45, 7) is 2.69. The zero-order valence-electron chi connectivity index (χ0n) is 14.5. The Balaban J connectivity index is 1.41. The maximum Gasteiger partial charge on any atom is 0.247 e. The molecule has 2 heterocycles. The van der Waals surface area contributed by atoms with Crippen molar-refractivity contribution in [2.75, 3.05) is 0 Å². The minimum atomic E-state index is 0.354. The van der Waals surface area contributed by atoms with Crippen LogP contribution in [0, 0.1) is 6.92 Å². The van der Waals surface area contributed by atoms with Crippen molar-refractivity contribution >= 4 is 11.6 Å². The first kappa shape index (κ1) is 17.2. The van der Waals surface area contributed by atoms with Crippen LogP contribution in [0.5, 0.6) is 5.75 Å². The third kappa shape index (κ3) is 4.15. The summed E-state index contributed by atoms with van der Waals surface area (Å²) >= 11 is 6.04. The van der Waals surface area contributed by atoms with E-state index in [0.29, 0.717) is 30.0 Å². The fourth-order valence-electron chi connectivity index (χ4n) is 2.60. The van der Waals surface area contributed by atoms with E-state index in [0.717, 1.165) is 22.6 Å². The maximum atomic E-state index is 6.04. The third-order valence-corrected chi connectivity index (χ3v) is 4.17. The van der Waals surface area contributed by atoms with E-state index in [4.69, 9.17) is 20.8 Å². The molecule has 0 saturated heterocycles. The van der Waals surface area contributed by atoms with Crippen molar-refractivity contribution in [1.82, 2.24) is 25.2 Å². The largest absolute Gasteiger partial charge is 0.487 e. The zero-order chi connectivity index (χ0) is 18.6. The molecule has 27 heavy (non-hydrogen) atoms. The van der Waals surface area contributed by atoms with Crippen molar-refractivity contribution in [3.63, 3.8) is 0 Å². The normalized spacial score (nSPS) is 10.9. The van der Waals surface area contributed by atoms with Gasteiger partial charge in [-0.05, 0) is 42.0 Å². The molecular weight excluding hydrogens is 366 g/mol. The molecule has 0 aliphatic carbocycles. The van der Waals surface area contributed by atoms with Crippen LogP contribution in [0.2, 0.25) is 5.02 Å². The second kappa shape index (κ2) is 7.59. The van der Waals surface area contributed by atoms with Gasteiger partial charge in [0, 0.05) is 17.5 Å². The lowest BCUT2D eigenvalue weighted by atomic mass is 10.2. The fraction of sp³-hybridized carbons (Fsp3) is 0.158. The molecule has 0 saturated carbocycles. The molecule has 0 N–H and O–H groups in total. The molecule has 0 unspecified atom stereocenters. The lowest BCUT2D eigenvalue weighted by molar-refractivity contribution is 0.293. The number of hydrogen-bond donors (Lipinski definition) is 0. The van der Waals surface area contributed by atoms with Gasteiger partial charge in [-0.25, -0.2) is 4.68 Å². The van der Waals surface area contributed by atoms with Crippen molar-refractivity contribution < 1.29 is 9.15 Å². The summed E-state index contributed by atoms with van der Waals surface area (Å²) in [5.41, 5.74) is 2.76. The van der Waals surface area contributed by atoms with Crippen LogP contribution >= 0.6 is 11.6 Å². The third-order valence-electron chi connectivity index (χ3n) is 3.93. The Kier molecular flexibility index (Phi) is 4.84. The van der Waals surface area contributed by atoms with E-state index in [1.54, 1.807) is 17.8 Å². The van der Waals surface area contributed by atoms with Crippen LogP contribution in [0.25, 0.3) is 11.5 Å². The van der Waals surface area contributed by atoms with Crippen LogP contribution in [-0.4, -0.2) is 25.2 Å². The molecule has 2 aromatic heterocycles. The predicted octanol–water partition coefficient (Wildman–Crippen LogP) is 3.92. The number of halogens is 1. The topological polar surface area (TPSA) is 78.9 Å². The van der Waals surface area contributed by atoms with Crippen molar-refractivity contribution in [3.05, 3.63) is 76.9 Å². The minimum absolute atomic E-state index is 0.354. The Hall–Kier alpha value is -3.19. The van der Waals surface area contributed by atoms with E-state index in [-0.39, 0.29) is 0 Å². The van der Waals surface area contributed by atoms with Crippen LogP contribution in [0.15, 0.2) is 59.1 Å². The number of rotatable bonds is 6. The molecule has 0 spiro atoms. The lowest BCUT2D eigenvalue weighted by Crippen LogP contribution is -2.09. The summed E-state index contributed by atoms with van der Waals surface area (Å²) < 4.78 is 13.1. The van der Waals surface area contributed by atoms with E-state index in [2.05, 4.69) is 20.5 Å². The predicted molar refractivity (Wildman–Crippen MR) is 99.4 cm³/mol. The van der Waals surface area contributed by atoms with Crippen molar-refractivity contribution in [2.45, 2.75) is 20.1 Å². The van der Waals surface area contributed by atoms with Crippen LogP contribution < -0.4 is 4.74 Å². The van der Waals surface area contributed by atoms with Gasteiger partial charge in [0.1, 0.15) is 12.4 Å². The summed E-state index contributed by atoms with van der Waals surface area (Å²) in [7, 11) is 0. The van der Waals surface area contributed by atoms with Crippen molar-refractivity contribution in [1.29, 1.82) is 0 Å². The second-order valence-corrected chi connectivity index (χ2v) is 6.39. The first-order valence-electron chi connectivity index (χ1n) is 8.32. The molecule has 2 aromatic carbocycles. The monoisotopic (exact) mass is 381 g/mol. The Morgan fingerprint density at radius 2 is 1.96 bits per heavy atom. The van der Waals surface area contributed by atoms with Crippen LogP contribution in [0.4, 0.5) is 0 Å². The van der Waals surface area contributed by atoms with Crippen molar-refractivity contribution in [3.8, 4) is 17.2 Å². The summed E-state index contributed by atoms with van der Waals surface area (Å²) in [4.78, 5) is 0. The first-order chi connectivity index (χ1) is 13.2. The number of ether oxygens (including phenoxy) is 1. The quantitative estimate of drug-likeness (QED) is 0.503. The first-order valence-corrected chi connectivity index (χ1v) is 8.70. The molecule has 0 amide bonds. The van der Waals surface area contributed by atoms with Crippen LogP contribution in [-0.2, 0) is 13.2 Å². The SMILES string of the molecule is Cc1nnc(-c2ccc(OCc3cnnn3Cc3cccc(Cl)c3)cc2)o1. The fourth-order valence-corrected chi connectivity index (χ4v) is 2.81. The number of benzene rings is 2. The second-order valence-electron chi connectivity index (χ2n) is 5.95. The van der Waals surface area contributed by atoms with E-state index >= 15 is 0 Å². The van der Waals surface area contributed by atoms with Gasteiger partial charge in [0.2, 0.25) is 11.8 Å². The van der Waals surface area contributed by atoms with E-state index in [1.807, 2.05) is 48.5 Å². The molecule has 0 bridgehead atoms. The maximum absolute atomic E-state index is 6.04. The van der Waals surface area contributed by atoms with Gasteiger partial charge in [-0.3, -0.25) is 0 Å². The standard InChI is InChI=1S/C19H16ClN5O2/c1-13-22-23-19(27-13)15-5-7-18(8-6-15)26-12-17-10-21-24-25(17)11-14-3-2-4-16(20)9-14/h2-10H,11-12H2,1H3. The molecule has 4 aromatic rings. The van der Waals surface area contributed by atoms with Gasteiger partial charge in [-0.2, -0.15) is 0 Å². The number of aryl methyl sites for hydroxylation is 1. The smallest absolute Gasteiger partial charge is 0.247 e. The molecule has 0 aliphatic heterocycles. The summed E-state index contributed by atoms with van der Waals surface area (Å²) in [6.07, 6.45) is 1.69. The van der Waals surface area contributed by atoms with Crippen LogP contribution in [0.1, 0.15) is 17.1 Å². The Morgan fingerprint density at radius 1 is 1.11 bits per heavy atom. The molecule has 8 heteroatoms. The average molecular weight is 382 g/mol. The van der Waals surface area contributed by atoms with E-state index in [1.165, 1.54) is 0 Å². The number of nitrogens with zero attached hydrogens (tertiary/aromatic N) is 5. The Morgan fingerprint density at radius 3 is 2.70 bits per heavy atom. The highest BCUT2D eigenvalue weighted by Gasteiger charge is 2.08. The van der Waals surface area contributed by atoms with Gasteiger partial charge in [0.15, 0.2) is 0 Å². The Bertz CT molecular complexity index is 1040. The van der Waals surface area contributed by atoms with E-state index < -0.39 is 0 Å². The van der Waals surface area contributed by atoms with Gasteiger partial charge < -0.3 is 9.15 Å². The molecule has 0 aliphatic rings. The van der Waals surface area contributed by atoms with Gasteiger partial charge in [-0.1, -0.05) is 28.9 Å². The zero-order valence-corrected chi connectivity index (χ0v) is 15.3. The molecule has 4 rings (SSSR count).